The molecule has 0 N–H and O–H groups in total. The average Bonchev–Trinajstić information content (AvgIpc) is 3.25. The Bertz CT molecular complexity index is 1230. The van der Waals surface area contributed by atoms with E-state index in [0.29, 0.717) is 39.2 Å². The Hall–Kier alpha value is -3.18. The summed E-state index contributed by atoms with van der Waals surface area (Å²) in [6.07, 6.45) is 0. The third-order valence-electron chi connectivity index (χ3n) is 4.62. The summed E-state index contributed by atoms with van der Waals surface area (Å²) < 4.78 is 11.4. The molecular formula is C23H18O4S. The van der Waals surface area contributed by atoms with E-state index in [9.17, 15) is 9.59 Å². The lowest BCUT2D eigenvalue weighted by Gasteiger charge is -2.05. The Balaban J connectivity index is 1.93. The Morgan fingerprint density at radius 2 is 1.68 bits per heavy atom. The summed E-state index contributed by atoms with van der Waals surface area (Å²) in [4.78, 5) is 26.5. The molecule has 0 spiro atoms. The first kappa shape index (κ1) is 18.2. The van der Waals surface area contributed by atoms with Gasteiger partial charge in [0.1, 0.15) is 17.3 Å². The number of aryl methyl sites for hydroxylation is 3. The third-order valence-corrected chi connectivity index (χ3v) is 5.54. The van der Waals surface area contributed by atoms with Crippen LogP contribution in [0.1, 0.15) is 27.4 Å². The van der Waals surface area contributed by atoms with Gasteiger partial charge in [-0.25, -0.2) is 4.79 Å². The number of furan rings is 1. The summed E-state index contributed by atoms with van der Waals surface area (Å²) in [5.74, 6) is 0.902. The molecule has 0 saturated carbocycles. The largest absolute Gasteiger partial charge is 0.465 e. The van der Waals surface area contributed by atoms with Crippen molar-refractivity contribution < 1.29 is 13.9 Å². The molecule has 0 aliphatic carbocycles. The fourth-order valence-corrected chi connectivity index (χ4v) is 3.97. The van der Waals surface area contributed by atoms with E-state index in [0.717, 1.165) is 10.4 Å². The minimum Gasteiger partial charge on any atom is -0.465 e. The fourth-order valence-electron chi connectivity index (χ4n) is 3.26. The van der Waals surface area contributed by atoms with Crippen LogP contribution >= 0.6 is 11.3 Å². The number of carbonyl (C=O) groups excluding carboxylic acids is 1. The van der Waals surface area contributed by atoms with E-state index >= 15 is 0 Å². The smallest absolute Gasteiger partial charge is 0.343 e. The van der Waals surface area contributed by atoms with Gasteiger partial charge in [-0.3, -0.25) is 4.79 Å². The molecule has 0 atom stereocenters. The Labute approximate surface area is 166 Å². The fraction of sp³-hybridized carbons (Fsp3) is 0.130. The number of hydrogen-bond acceptors (Lipinski definition) is 5. The highest BCUT2D eigenvalue weighted by molar-refractivity contribution is 7.13. The number of carbonyl (C=O) groups is 1. The highest BCUT2D eigenvalue weighted by Gasteiger charge is 2.19. The Morgan fingerprint density at radius 3 is 2.36 bits per heavy atom. The number of benzene rings is 1. The van der Waals surface area contributed by atoms with Crippen LogP contribution in [-0.2, 0) is 0 Å². The number of ether oxygens (including phenoxy) is 1. The Kier molecular flexibility index (Phi) is 4.61. The lowest BCUT2D eigenvalue weighted by molar-refractivity contribution is 0.0737. The van der Waals surface area contributed by atoms with Crippen LogP contribution in [0, 0.1) is 20.8 Å². The van der Waals surface area contributed by atoms with E-state index in [4.69, 9.17) is 9.15 Å². The predicted octanol–water partition coefficient (Wildman–Crippen LogP) is 5.67. The van der Waals surface area contributed by atoms with Crippen molar-refractivity contribution in [2.45, 2.75) is 20.8 Å². The number of hydrogen-bond donors (Lipinski definition) is 0. The molecule has 0 aliphatic rings. The molecular weight excluding hydrogens is 372 g/mol. The maximum atomic E-state index is 12.9. The van der Waals surface area contributed by atoms with Crippen LogP contribution in [0.15, 0.2) is 63.1 Å². The normalized spacial score (nSPS) is 11.0. The molecule has 5 heteroatoms. The van der Waals surface area contributed by atoms with Gasteiger partial charge < -0.3 is 9.15 Å². The molecule has 0 aliphatic heterocycles. The van der Waals surface area contributed by atoms with Gasteiger partial charge in [-0.2, -0.15) is 0 Å². The lowest BCUT2D eigenvalue weighted by atomic mass is 10.1. The van der Waals surface area contributed by atoms with E-state index in [1.54, 1.807) is 38.1 Å². The van der Waals surface area contributed by atoms with Gasteiger partial charge in [-0.1, -0.05) is 23.8 Å². The summed E-state index contributed by atoms with van der Waals surface area (Å²) in [6, 6.07) is 14.3. The quantitative estimate of drug-likeness (QED) is 0.423. The zero-order valence-electron chi connectivity index (χ0n) is 15.7. The van der Waals surface area contributed by atoms with Crippen LogP contribution in [0.2, 0.25) is 0 Å². The molecule has 0 fully saturated rings. The van der Waals surface area contributed by atoms with Crippen LogP contribution < -0.4 is 10.2 Å². The van der Waals surface area contributed by atoms with Crippen LogP contribution in [0.5, 0.6) is 5.75 Å². The second kappa shape index (κ2) is 7.09. The SMILES string of the molecule is Cc1ccc(C(=O)Oc2cc(-c3cccs3)cc(=O)c3c(C)oc(C)c23)cc1. The van der Waals surface area contributed by atoms with Gasteiger partial charge in [0, 0.05) is 4.88 Å². The topological polar surface area (TPSA) is 56.5 Å². The van der Waals surface area contributed by atoms with Crippen molar-refractivity contribution in [2.75, 3.05) is 0 Å². The van der Waals surface area contributed by atoms with Gasteiger partial charge in [-0.15, -0.1) is 11.3 Å². The molecule has 2 heterocycles. The maximum absolute atomic E-state index is 12.9. The molecule has 4 nitrogen and oxygen atoms in total. The lowest BCUT2D eigenvalue weighted by Crippen LogP contribution is -2.08. The number of rotatable bonds is 3. The van der Waals surface area contributed by atoms with E-state index in [1.807, 2.05) is 36.6 Å². The van der Waals surface area contributed by atoms with Gasteiger partial charge >= 0.3 is 5.97 Å². The van der Waals surface area contributed by atoms with Crippen LogP contribution in [0.3, 0.4) is 0 Å². The average molecular weight is 390 g/mol. The van der Waals surface area contributed by atoms with Gasteiger partial charge in [0.05, 0.1) is 16.3 Å². The van der Waals surface area contributed by atoms with E-state index < -0.39 is 5.97 Å². The molecule has 2 aromatic heterocycles. The summed E-state index contributed by atoms with van der Waals surface area (Å²) in [5, 5.41) is 2.91. The van der Waals surface area contributed by atoms with Crippen LogP contribution in [0.4, 0.5) is 0 Å². The van der Waals surface area contributed by atoms with Crippen molar-refractivity contribution >= 4 is 28.1 Å². The molecule has 2 aromatic carbocycles. The first-order valence-electron chi connectivity index (χ1n) is 8.85. The molecule has 4 rings (SSSR count). The van der Waals surface area contributed by atoms with Crippen molar-refractivity contribution in [3.05, 3.63) is 86.8 Å². The van der Waals surface area contributed by atoms with E-state index in [1.165, 1.54) is 11.3 Å². The summed E-state index contributed by atoms with van der Waals surface area (Å²) in [7, 11) is 0. The van der Waals surface area contributed by atoms with Gasteiger partial charge in [-0.05, 0) is 62.0 Å². The van der Waals surface area contributed by atoms with Crippen molar-refractivity contribution in [3.63, 3.8) is 0 Å². The number of fused-ring (bicyclic) bond motifs is 1. The molecule has 0 bridgehead atoms. The monoisotopic (exact) mass is 390 g/mol. The summed E-state index contributed by atoms with van der Waals surface area (Å²) in [6.45, 7) is 5.46. The maximum Gasteiger partial charge on any atom is 0.343 e. The van der Waals surface area contributed by atoms with E-state index in [2.05, 4.69) is 0 Å². The van der Waals surface area contributed by atoms with Gasteiger partial charge in [0.15, 0.2) is 5.43 Å². The first-order valence-corrected chi connectivity index (χ1v) is 9.73. The summed E-state index contributed by atoms with van der Waals surface area (Å²) in [5.41, 5.74) is 2.05. The van der Waals surface area contributed by atoms with Crippen LogP contribution in [0.25, 0.3) is 21.2 Å². The van der Waals surface area contributed by atoms with Gasteiger partial charge in [0.2, 0.25) is 0 Å². The second-order valence-corrected chi connectivity index (χ2v) is 7.62. The van der Waals surface area contributed by atoms with Crippen molar-refractivity contribution in [2.24, 2.45) is 0 Å². The van der Waals surface area contributed by atoms with Crippen molar-refractivity contribution in [3.8, 4) is 16.2 Å². The summed E-state index contributed by atoms with van der Waals surface area (Å²) >= 11 is 1.52. The second-order valence-electron chi connectivity index (χ2n) is 6.67. The minimum absolute atomic E-state index is 0.162. The zero-order chi connectivity index (χ0) is 19.8. The van der Waals surface area contributed by atoms with E-state index in [-0.39, 0.29) is 5.43 Å². The third kappa shape index (κ3) is 3.25. The minimum atomic E-state index is -0.477. The first-order chi connectivity index (χ1) is 13.4. The molecule has 0 unspecified atom stereocenters. The number of thiophene rings is 1. The molecule has 0 amide bonds. The highest BCUT2D eigenvalue weighted by atomic mass is 32.1. The molecule has 0 saturated heterocycles. The number of esters is 1. The van der Waals surface area contributed by atoms with Crippen LogP contribution in [-0.4, -0.2) is 5.97 Å². The molecule has 4 aromatic rings. The van der Waals surface area contributed by atoms with Gasteiger partial charge in [0.25, 0.3) is 0 Å². The van der Waals surface area contributed by atoms with Crippen molar-refractivity contribution in [1.29, 1.82) is 0 Å². The standard InChI is InChI=1S/C23H18O4S/c1-13-6-8-16(9-7-13)23(25)27-19-12-17(20-5-4-10-28-20)11-18(24)21-14(2)26-15(3)22(19)21/h4-12H,1-3H3. The Morgan fingerprint density at radius 1 is 0.964 bits per heavy atom. The molecule has 0 radical (unpaired) electrons. The molecule has 28 heavy (non-hydrogen) atoms. The van der Waals surface area contributed by atoms with Crippen molar-refractivity contribution in [1.82, 2.24) is 0 Å². The predicted molar refractivity (Wildman–Crippen MR) is 111 cm³/mol. The zero-order valence-corrected chi connectivity index (χ0v) is 16.6. The highest BCUT2D eigenvalue weighted by Crippen LogP contribution is 2.34. The molecule has 140 valence electrons.